The van der Waals surface area contributed by atoms with Gasteiger partial charge in [-0.2, -0.15) is 0 Å². The van der Waals surface area contributed by atoms with Gasteiger partial charge < -0.3 is 9.84 Å². The van der Waals surface area contributed by atoms with Crippen molar-refractivity contribution >= 4 is 23.8 Å². The highest BCUT2D eigenvalue weighted by Crippen LogP contribution is 2.31. The van der Waals surface area contributed by atoms with Crippen LogP contribution in [0.25, 0.3) is 17.8 Å². The highest BCUT2D eigenvalue weighted by Gasteiger charge is 2.16. The molecule has 6 nitrogen and oxygen atoms in total. The summed E-state index contributed by atoms with van der Waals surface area (Å²) in [7, 11) is 0. The molecule has 6 heteroatoms. The quantitative estimate of drug-likeness (QED) is 0.485. The van der Waals surface area contributed by atoms with Gasteiger partial charge in [0.2, 0.25) is 0 Å². The number of hydrogen-bond donors (Lipinski definition) is 2. The molecule has 0 saturated carbocycles. The lowest BCUT2D eigenvalue weighted by Gasteiger charge is -2.20. The van der Waals surface area contributed by atoms with Crippen molar-refractivity contribution < 1.29 is 19.5 Å². The SMILES string of the molecule is O=C(O)COc1cccc2c1CCC(CONC(=Cc1cccnc1)c1ccccc1)=C2. The Morgan fingerprint density at radius 2 is 1.94 bits per heavy atom. The maximum absolute atomic E-state index is 10.8. The largest absolute Gasteiger partial charge is 0.482 e. The van der Waals surface area contributed by atoms with Gasteiger partial charge >= 0.3 is 5.97 Å². The smallest absolute Gasteiger partial charge is 0.341 e. The first-order valence-electron chi connectivity index (χ1n) is 10.4. The molecule has 0 radical (unpaired) electrons. The molecule has 1 aliphatic rings. The van der Waals surface area contributed by atoms with Gasteiger partial charge in [0, 0.05) is 18.0 Å². The van der Waals surface area contributed by atoms with Crippen LogP contribution in [0, 0.1) is 0 Å². The van der Waals surface area contributed by atoms with E-state index in [1.807, 2.05) is 66.7 Å². The average molecular weight is 428 g/mol. The number of carboxylic acid groups (broad SMARTS) is 1. The number of aromatic nitrogens is 1. The highest BCUT2D eigenvalue weighted by atomic mass is 16.6. The van der Waals surface area contributed by atoms with Crippen LogP contribution in [-0.2, 0) is 16.1 Å². The highest BCUT2D eigenvalue weighted by molar-refractivity contribution is 5.79. The van der Waals surface area contributed by atoms with Gasteiger partial charge in [-0.1, -0.05) is 54.6 Å². The van der Waals surface area contributed by atoms with Gasteiger partial charge in [0.1, 0.15) is 5.75 Å². The minimum absolute atomic E-state index is 0.342. The van der Waals surface area contributed by atoms with Gasteiger partial charge in [0.15, 0.2) is 6.61 Å². The van der Waals surface area contributed by atoms with E-state index >= 15 is 0 Å². The van der Waals surface area contributed by atoms with Gasteiger partial charge in [0.25, 0.3) is 0 Å². The van der Waals surface area contributed by atoms with E-state index in [9.17, 15) is 4.79 Å². The third kappa shape index (κ3) is 5.62. The van der Waals surface area contributed by atoms with E-state index in [2.05, 4.69) is 16.5 Å². The fourth-order valence-electron chi connectivity index (χ4n) is 3.58. The molecule has 0 aliphatic heterocycles. The summed E-state index contributed by atoms with van der Waals surface area (Å²) in [4.78, 5) is 20.9. The standard InChI is InChI=1S/C26H24N2O4/c29-26(30)18-31-25-10-4-9-22-14-20(11-12-23(22)25)17-32-28-24(21-7-2-1-3-8-21)15-19-6-5-13-27-16-19/h1-10,13-16,28H,11-12,17-18H2,(H,29,30). The zero-order valence-electron chi connectivity index (χ0n) is 17.5. The number of nitrogens with zero attached hydrogens (tertiary/aromatic N) is 1. The van der Waals surface area contributed by atoms with Crippen LogP contribution in [-0.4, -0.2) is 29.3 Å². The van der Waals surface area contributed by atoms with Gasteiger partial charge in [-0.3, -0.25) is 15.3 Å². The molecule has 0 amide bonds. The Labute approximate surface area is 186 Å². The van der Waals surface area contributed by atoms with Gasteiger partial charge in [-0.15, -0.1) is 0 Å². The van der Waals surface area contributed by atoms with Crippen LogP contribution in [0.4, 0.5) is 0 Å². The molecule has 32 heavy (non-hydrogen) atoms. The number of rotatable bonds is 9. The number of carbonyl (C=O) groups is 1. The van der Waals surface area contributed by atoms with E-state index in [0.29, 0.717) is 12.4 Å². The van der Waals surface area contributed by atoms with Crippen molar-refractivity contribution in [3.63, 3.8) is 0 Å². The summed E-state index contributed by atoms with van der Waals surface area (Å²) in [6.45, 7) is 0.0858. The molecule has 3 aromatic rings. The Morgan fingerprint density at radius 3 is 2.72 bits per heavy atom. The van der Waals surface area contributed by atoms with Crippen LogP contribution in [0.3, 0.4) is 0 Å². The summed E-state index contributed by atoms with van der Waals surface area (Å²) in [6.07, 6.45) is 9.22. The Hall–Kier alpha value is -3.90. The fourth-order valence-corrected chi connectivity index (χ4v) is 3.58. The topological polar surface area (TPSA) is 80.7 Å². The molecule has 162 valence electrons. The van der Waals surface area contributed by atoms with Gasteiger partial charge in [-0.25, -0.2) is 4.79 Å². The molecule has 4 rings (SSSR count). The predicted octanol–water partition coefficient (Wildman–Crippen LogP) is 4.59. The van der Waals surface area contributed by atoms with Crippen molar-refractivity contribution in [2.75, 3.05) is 13.2 Å². The molecule has 1 heterocycles. The molecular formula is C26H24N2O4. The van der Waals surface area contributed by atoms with Crippen LogP contribution < -0.4 is 10.2 Å². The van der Waals surface area contributed by atoms with Crippen molar-refractivity contribution in [1.29, 1.82) is 0 Å². The third-order valence-corrected chi connectivity index (χ3v) is 5.10. The summed E-state index contributed by atoms with van der Waals surface area (Å²) >= 11 is 0. The molecule has 0 bridgehead atoms. The van der Waals surface area contributed by atoms with E-state index in [1.165, 1.54) is 0 Å². The van der Waals surface area contributed by atoms with Crippen LogP contribution in [0.2, 0.25) is 0 Å². The van der Waals surface area contributed by atoms with Crippen molar-refractivity contribution in [1.82, 2.24) is 10.5 Å². The number of hydroxylamine groups is 1. The summed E-state index contributed by atoms with van der Waals surface area (Å²) in [5.74, 6) is -0.354. The lowest BCUT2D eigenvalue weighted by atomic mass is 9.92. The first-order chi connectivity index (χ1) is 15.7. The summed E-state index contributed by atoms with van der Waals surface area (Å²) in [5, 5.41) is 8.87. The minimum atomic E-state index is -0.984. The van der Waals surface area contributed by atoms with Crippen LogP contribution in [0.5, 0.6) is 5.75 Å². The Morgan fingerprint density at radius 1 is 1.06 bits per heavy atom. The first-order valence-corrected chi connectivity index (χ1v) is 10.4. The molecular weight excluding hydrogens is 404 g/mol. The fraction of sp³-hybridized carbons (Fsp3) is 0.154. The van der Waals surface area contributed by atoms with E-state index in [1.54, 1.807) is 12.4 Å². The predicted molar refractivity (Wildman–Crippen MR) is 124 cm³/mol. The monoisotopic (exact) mass is 428 g/mol. The molecule has 2 aromatic carbocycles. The second-order valence-electron chi connectivity index (χ2n) is 7.41. The third-order valence-electron chi connectivity index (χ3n) is 5.10. The molecule has 0 fully saturated rings. The number of aliphatic carboxylic acids is 1. The number of nitrogens with one attached hydrogen (secondary N) is 1. The van der Waals surface area contributed by atoms with Crippen molar-refractivity contribution in [2.45, 2.75) is 12.8 Å². The van der Waals surface area contributed by atoms with E-state index in [0.717, 1.165) is 46.4 Å². The number of hydrogen-bond acceptors (Lipinski definition) is 5. The molecule has 0 unspecified atom stereocenters. The maximum Gasteiger partial charge on any atom is 0.341 e. The van der Waals surface area contributed by atoms with Crippen LogP contribution >= 0.6 is 0 Å². The number of pyridine rings is 1. The Balaban J connectivity index is 1.44. The number of benzene rings is 2. The van der Waals surface area contributed by atoms with E-state index < -0.39 is 5.97 Å². The van der Waals surface area contributed by atoms with E-state index in [4.69, 9.17) is 14.7 Å². The summed E-state index contributed by atoms with van der Waals surface area (Å²) < 4.78 is 5.43. The molecule has 2 N–H and O–H groups in total. The second-order valence-corrected chi connectivity index (χ2v) is 7.41. The molecule has 1 aliphatic carbocycles. The molecule has 1 aromatic heterocycles. The normalized spacial score (nSPS) is 13.1. The molecule has 0 spiro atoms. The lowest BCUT2D eigenvalue weighted by Crippen LogP contribution is -2.17. The number of carboxylic acids is 1. The van der Waals surface area contributed by atoms with Gasteiger partial charge in [0.05, 0.1) is 12.3 Å². The van der Waals surface area contributed by atoms with Gasteiger partial charge in [-0.05, 0) is 53.3 Å². The van der Waals surface area contributed by atoms with Crippen LogP contribution in [0.15, 0.2) is 78.6 Å². The van der Waals surface area contributed by atoms with Crippen molar-refractivity contribution in [3.05, 3.63) is 101 Å². The number of ether oxygens (including phenoxy) is 1. The summed E-state index contributed by atoms with van der Waals surface area (Å²) in [5.41, 5.74) is 9.15. The lowest BCUT2D eigenvalue weighted by molar-refractivity contribution is -0.139. The van der Waals surface area contributed by atoms with E-state index in [-0.39, 0.29) is 6.61 Å². The second kappa shape index (κ2) is 10.4. The van der Waals surface area contributed by atoms with Crippen LogP contribution in [0.1, 0.15) is 28.7 Å². The van der Waals surface area contributed by atoms with Crippen molar-refractivity contribution in [3.8, 4) is 5.75 Å². The van der Waals surface area contributed by atoms with Crippen molar-refractivity contribution in [2.24, 2.45) is 0 Å². The Kier molecular flexibility index (Phi) is 6.94. The first kappa shape index (κ1) is 21.3. The minimum Gasteiger partial charge on any atom is -0.482 e. The zero-order chi connectivity index (χ0) is 22.2. The Bertz CT molecular complexity index is 1130. The molecule has 0 saturated heterocycles. The zero-order valence-corrected chi connectivity index (χ0v) is 17.5. The molecule has 0 atom stereocenters. The maximum atomic E-state index is 10.8. The number of fused-ring (bicyclic) bond motifs is 1. The average Bonchev–Trinajstić information content (AvgIpc) is 2.83. The summed E-state index contributed by atoms with van der Waals surface area (Å²) in [6, 6.07) is 19.6.